The number of benzene rings is 1. The molecule has 2 aromatic heterocycles. The maximum Gasteiger partial charge on any atom is 0.269 e. The second-order valence-electron chi connectivity index (χ2n) is 9.77. The van der Waals surface area contributed by atoms with Crippen LogP contribution in [0.5, 0.6) is 0 Å². The Morgan fingerprint density at radius 1 is 1.13 bits per heavy atom. The molecule has 4 aliphatic rings. The van der Waals surface area contributed by atoms with Gasteiger partial charge < -0.3 is 9.88 Å². The Bertz CT molecular complexity index is 1680. The van der Waals surface area contributed by atoms with Crippen LogP contribution in [-0.4, -0.2) is 58.6 Å². The zero-order valence-corrected chi connectivity index (χ0v) is 21.1. The van der Waals surface area contributed by atoms with E-state index in [1.54, 1.807) is 12.3 Å². The second kappa shape index (κ2) is 9.05. The monoisotopic (exact) mass is 542 g/mol. The Hall–Kier alpha value is -4.51. The number of amides is 2. The van der Waals surface area contributed by atoms with Crippen LogP contribution in [-0.2, 0) is 9.59 Å². The largest absolute Gasteiger partial charge is 0.340 e. The number of rotatable bonds is 4. The third kappa shape index (κ3) is 3.97. The highest BCUT2D eigenvalue weighted by molar-refractivity contribution is 6.31. The molecule has 0 saturated carbocycles. The number of dihydropyridines is 1. The number of aliphatic imine (C=N–C) groups is 1. The summed E-state index contributed by atoms with van der Waals surface area (Å²) in [4.78, 5) is 38.9. The fourth-order valence-electron chi connectivity index (χ4n) is 5.77. The number of hydrogen-bond donors (Lipinski definition) is 1. The molecule has 1 N–H and O–H groups in total. The molecule has 39 heavy (non-hydrogen) atoms. The van der Waals surface area contributed by atoms with Gasteiger partial charge in [0.25, 0.3) is 5.91 Å². The van der Waals surface area contributed by atoms with Crippen LogP contribution < -0.4 is 0 Å². The van der Waals surface area contributed by atoms with Gasteiger partial charge >= 0.3 is 0 Å². The average molecular weight is 543 g/mol. The van der Waals surface area contributed by atoms with Gasteiger partial charge in [-0.3, -0.25) is 9.59 Å². The van der Waals surface area contributed by atoms with Crippen molar-refractivity contribution in [1.29, 1.82) is 0 Å². The first-order chi connectivity index (χ1) is 19.0. The van der Waals surface area contributed by atoms with Gasteiger partial charge in [0.05, 0.1) is 34.4 Å². The van der Waals surface area contributed by atoms with Crippen molar-refractivity contribution in [1.82, 2.24) is 35.1 Å². The molecule has 1 aliphatic carbocycles. The van der Waals surface area contributed by atoms with E-state index in [0.717, 1.165) is 24.1 Å². The Morgan fingerprint density at radius 3 is 2.87 bits per heavy atom. The quantitative estimate of drug-likeness (QED) is 0.535. The topological polar surface area (TPSA) is 122 Å². The maximum atomic E-state index is 15.3. The van der Waals surface area contributed by atoms with Crippen LogP contribution in [0.25, 0.3) is 16.8 Å². The molecule has 0 spiro atoms. The fraction of sp³-hybridized carbons (Fsp3) is 0.222. The molecule has 1 fully saturated rings. The number of carbonyl (C=O) groups is 2. The van der Waals surface area contributed by atoms with Crippen LogP contribution in [0.1, 0.15) is 42.4 Å². The van der Waals surface area contributed by atoms with Gasteiger partial charge in [-0.05, 0) is 59.0 Å². The van der Waals surface area contributed by atoms with Gasteiger partial charge in [0.15, 0.2) is 5.82 Å². The first kappa shape index (κ1) is 23.6. The SMILES string of the molecule is O=C1C=CC2C=C(c3cnc([C@@H]4CCC5CC(c6c(-n7cnnn7)ccc(Cl)c6F)=CC(=O)N54)[nH]3)C=CC2=N1. The average Bonchev–Trinajstić information content (AvgIpc) is 3.70. The smallest absolute Gasteiger partial charge is 0.269 e. The lowest BCUT2D eigenvalue weighted by Gasteiger charge is -2.33. The summed E-state index contributed by atoms with van der Waals surface area (Å²) in [5.41, 5.74) is 3.67. The van der Waals surface area contributed by atoms with E-state index in [-0.39, 0.29) is 40.4 Å². The van der Waals surface area contributed by atoms with Gasteiger partial charge in [0.2, 0.25) is 5.91 Å². The Labute approximate surface area is 226 Å². The standard InChI is InChI=1S/C27H20ClFN8O2/c28-18-4-7-21(36-13-31-34-35-36)25(26(18)29)16-10-17-3-6-22(37(17)24(39)11-16)27-30-12-20(33-27)15-1-5-19-14(9-15)2-8-23(38)32-19/h1-2,4-5,7-9,11-14,17,22H,3,6,10H2,(H,30,33)/t14?,17?,22-/m0/s1. The normalized spacial score (nSPS) is 23.9. The number of imidazole rings is 1. The molecule has 2 amide bonds. The van der Waals surface area contributed by atoms with E-state index in [4.69, 9.17) is 11.6 Å². The number of halogens is 2. The first-order valence-electron chi connectivity index (χ1n) is 12.5. The van der Waals surface area contributed by atoms with Crippen molar-refractivity contribution in [2.75, 3.05) is 0 Å². The van der Waals surface area contributed by atoms with Gasteiger partial charge in [-0.15, -0.1) is 5.10 Å². The van der Waals surface area contributed by atoms with Crippen LogP contribution in [0.2, 0.25) is 5.02 Å². The lowest BCUT2D eigenvalue weighted by Crippen LogP contribution is -2.39. The lowest BCUT2D eigenvalue weighted by molar-refractivity contribution is -0.129. The molecule has 7 rings (SSSR count). The van der Waals surface area contributed by atoms with Gasteiger partial charge in [-0.2, -0.15) is 4.68 Å². The number of aromatic nitrogens is 6. The summed E-state index contributed by atoms with van der Waals surface area (Å²) in [6.45, 7) is 0. The van der Waals surface area contributed by atoms with E-state index >= 15 is 4.39 Å². The second-order valence-corrected chi connectivity index (χ2v) is 10.2. The van der Waals surface area contributed by atoms with Gasteiger partial charge in [0, 0.05) is 29.7 Å². The van der Waals surface area contributed by atoms with Gasteiger partial charge in [-0.25, -0.2) is 14.4 Å². The van der Waals surface area contributed by atoms with Crippen LogP contribution in [0.15, 0.2) is 66.1 Å². The number of aromatic amines is 1. The van der Waals surface area contributed by atoms with Crippen LogP contribution in [0, 0.1) is 11.7 Å². The molecular weight excluding hydrogens is 523 g/mol. The predicted molar refractivity (Wildman–Crippen MR) is 140 cm³/mol. The molecule has 0 bridgehead atoms. The van der Waals surface area contributed by atoms with Gasteiger partial charge in [-0.1, -0.05) is 29.8 Å². The number of nitrogens with zero attached hydrogens (tertiary/aromatic N) is 7. The summed E-state index contributed by atoms with van der Waals surface area (Å²) in [6, 6.07) is 2.74. The fourth-order valence-corrected chi connectivity index (χ4v) is 5.93. The van der Waals surface area contributed by atoms with E-state index in [9.17, 15) is 9.59 Å². The van der Waals surface area contributed by atoms with Crippen molar-refractivity contribution >= 4 is 40.3 Å². The van der Waals surface area contributed by atoms with Crippen molar-refractivity contribution in [2.45, 2.75) is 31.3 Å². The zero-order chi connectivity index (χ0) is 26.7. The highest BCUT2D eigenvalue weighted by Crippen LogP contribution is 2.44. The molecule has 5 heterocycles. The van der Waals surface area contributed by atoms with Gasteiger partial charge in [0.1, 0.15) is 12.2 Å². The minimum absolute atomic E-state index is 0.0372. The summed E-state index contributed by atoms with van der Waals surface area (Å²) < 4.78 is 16.7. The molecule has 0 radical (unpaired) electrons. The summed E-state index contributed by atoms with van der Waals surface area (Å²) in [5, 5.41) is 11.2. The van der Waals surface area contributed by atoms with E-state index in [1.165, 1.54) is 29.2 Å². The Morgan fingerprint density at radius 2 is 2.03 bits per heavy atom. The molecule has 1 saturated heterocycles. The summed E-state index contributed by atoms with van der Waals surface area (Å²) in [6.07, 6.45) is 15.6. The van der Waals surface area contributed by atoms with Crippen LogP contribution in [0.3, 0.4) is 0 Å². The van der Waals surface area contributed by atoms with Crippen molar-refractivity contribution in [3.63, 3.8) is 0 Å². The molecule has 2 unspecified atom stereocenters. The van der Waals surface area contributed by atoms with Crippen molar-refractivity contribution < 1.29 is 14.0 Å². The molecule has 3 atom stereocenters. The number of hydrogen-bond acceptors (Lipinski definition) is 6. The molecule has 12 heteroatoms. The lowest BCUT2D eigenvalue weighted by atomic mass is 9.91. The van der Waals surface area contributed by atoms with Crippen LogP contribution >= 0.6 is 11.6 Å². The molecular formula is C27H20ClFN8O2. The summed E-state index contributed by atoms with van der Waals surface area (Å²) >= 11 is 6.12. The molecule has 10 nitrogen and oxygen atoms in total. The van der Waals surface area contributed by atoms with E-state index < -0.39 is 5.82 Å². The van der Waals surface area contributed by atoms with Crippen molar-refractivity contribution in [3.8, 4) is 5.69 Å². The Kier molecular flexibility index (Phi) is 5.48. The summed E-state index contributed by atoms with van der Waals surface area (Å²) in [5.74, 6) is -0.442. The highest BCUT2D eigenvalue weighted by atomic mass is 35.5. The highest BCUT2D eigenvalue weighted by Gasteiger charge is 2.42. The van der Waals surface area contributed by atoms with Crippen molar-refractivity contribution in [2.24, 2.45) is 10.9 Å². The Balaban J connectivity index is 1.17. The number of H-pyrrole nitrogens is 1. The number of allylic oxidation sites excluding steroid dienone is 5. The number of tetrazole rings is 1. The van der Waals surface area contributed by atoms with E-state index in [0.29, 0.717) is 29.2 Å². The number of nitrogens with one attached hydrogen (secondary N) is 1. The predicted octanol–water partition coefficient (Wildman–Crippen LogP) is 3.80. The maximum absolute atomic E-state index is 15.3. The molecule has 194 valence electrons. The molecule has 1 aromatic carbocycles. The number of fused-ring (bicyclic) bond motifs is 2. The van der Waals surface area contributed by atoms with E-state index in [1.807, 2.05) is 29.2 Å². The molecule has 3 aliphatic heterocycles. The third-order valence-electron chi connectivity index (χ3n) is 7.54. The minimum Gasteiger partial charge on any atom is -0.340 e. The minimum atomic E-state index is -0.610. The zero-order valence-electron chi connectivity index (χ0n) is 20.3. The van der Waals surface area contributed by atoms with Crippen molar-refractivity contribution in [3.05, 3.63) is 89.0 Å². The van der Waals surface area contributed by atoms with E-state index in [2.05, 4.69) is 30.5 Å². The molecule has 3 aromatic rings. The number of carbonyl (C=O) groups excluding carboxylic acids is 2. The first-order valence-corrected chi connectivity index (χ1v) is 12.8. The summed E-state index contributed by atoms with van der Waals surface area (Å²) in [7, 11) is 0. The van der Waals surface area contributed by atoms with Crippen LogP contribution in [0.4, 0.5) is 4.39 Å². The third-order valence-corrected chi connectivity index (χ3v) is 7.83.